The van der Waals surface area contributed by atoms with Crippen molar-refractivity contribution in [3.05, 3.63) is 92.3 Å². The maximum Gasteiger partial charge on any atom is 0.116 e. The van der Waals surface area contributed by atoms with Gasteiger partial charge in [-0.05, 0) is 36.4 Å². The molecular formula is C31H45N9. The SMILES string of the molecule is CC.CC.CC.CC.CC.c1cc2ncncc2cn1.c1cnc2ccnnc2c1.c1cnc2cnncc2c1. The lowest BCUT2D eigenvalue weighted by Gasteiger charge is -1.90. The first kappa shape index (κ1) is 37.6. The van der Waals surface area contributed by atoms with Crippen molar-refractivity contribution in [1.82, 2.24) is 45.3 Å². The van der Waals surface area contributed by atoms with E-state index in [0.717, 1.165) is 32.8 Å². The Morgan fingerprint density at radius 1 is 0.400 bits per heavy atom. The Morgan fingerprint density at radius 2 is 1.00 bits per heavy atom. The zero-order chi connectivity index (χ0) is 30.4. The van der Waals surface area contributed by atoms with Gasteiger partial charge < -0.3 is 0 Å². The van der Waals surface area contributed by atoms with Crippen molar-refractivity contribution >= 4 is 32.8 Å². The predicted molar refractivity (Wildman–Crippen MR) is 169 cm³/mol. The summed E-state index contributed by atoms with van der Waals surface area (Å²) in [6.07, 6.45) is 15.2. The highest BCUT2D eigenvalue weighted by molar-refractivity contribution is 5.76. The van der Waals surface area contributed by atoms with E-state index in [9.17, 15) is 0 Å². The molecular weight excluding hydrogens is 498 g/mol. The van der Waals surface area contributed by atoms with Crippen LogP contribution in [-0.4, -0.2) is 45.3 Å². The summed E-state index contributed by atoms with van der Waals surface area (Å²) in [5, 5.41) is 17.0. The molecule has 0 bridgehead atoms. The molecule has 0 aromatic carbocycles. The average molecular weight is 544 g/mol. The minimum absolute atomic E-state index is 0.838. The Hall–Kier alpha value is -4.53. The minimum atomic E-state index is 0.838. The van der Waals surface area contributed by atoms with E-state index in [-0.39, 0.29) is 0 Å². The van der Waals surface area contributed by atoms with E-state index in [1.807, 2.05) is 106 Å². The van der Waals surface area contributed by atoms with Crippen LogP contribution in [0.5, 0.6) is 0 Å². The van der Waals surface area contributed by atoms with Crippen molar-refractivity contribution in [2.24, 2.45) is 0 Å². The fraction of sp³-hybridized carbons (Fsp3) is 0.323. The number of aromatic nitrogens is 9. The fourth-order valence-electron chi connectivity index (χ4n) is 2.48. The second-order valence-electron chi connectivity index (χ2n) is 5.86. The second-order valence-corrected chi connectivity index (χ2v) is 5.86. The maximum absolute atomic E-state index is 4.08. The Labute approximate surface area is 239 Å². The van der Waals surface area contributed by atoms with Gasteiger partial charge in [0.1, 0.15) is 11.8 Å². The average Bonchev–Trinajstić information content (AvgIpc) is 3.10. The van der Waals surface area contributed by atoms with Crippen molar-refractivity contribution in [2.75, 3.05) is 0 Å². The molecule has 6 aromatic rings. The highest BCUT2D eigenvalue weighted by atomic mass is 15.1. The second kappa shape index (κ2) is 27.5. The van der Waals surface area contributed by atoms with Gasteiger partial charge in [-0.3, -0.25) is 15.0 Å². The third-order valence-electron chi connectivity index (χ3n) is 3.90. The van der Waals surface area contributed by atoms with Crippen molar-refractivity contribution in [3.63, 3.8) is 0 Å². The van der Waals surface area contributed by atoms with Crippen molar-refractivity contribution in [3.8, 4) is 0 Å². The maximum atomic E-state index is 4.08. The number of hydrogen-bond donors (Lipinski definition) is 0. The van der Waals surface area contributed by atoms with E-state index >= 15 is 0 Å². The molecule has 0 spiro atoms. The van der Waals surface area contributed by atoms with Crippen LogP contribution >= 0.6 is 0 Å². The molecule has 0 atom stereocenters. The quantitative estimate of drug-likeness (QED) is 0.187. The van der Waals surface area contributed by atoms with Gasteiger partial charge in [0, 0.05) is 41.8 Å². The molecule has 0 saturated carbocycles. The minimum Gasteiger partial charge on any atom is -0.264 e. The topological polar surface area (TPSA) is 116 Å². The molecule has 0 amide bonds. The molecule has 0 saturated heterocycles. The van der Waals surface area contributed by atoms with Crippen LogP contribution < -0.4 is 0 Å². The molecule has 0 aliphatic rings. The Bertz CT molecular complexity index is 1010. The predicted octanol–water partition coefficient (Wildman–Crippen LogP) is 8.21. The van der Waals surface area contributed by atoms with Gasteiger partial charge in [-0.2, -0.15) is 15.3 Å². The summed E-state index contributed by atoms with van der Waals surface area (Å²) in [5.74, 6) is 0. The first-order valence-electron chi connectivity index (χ1n) is 13.9. The third kappa shape index (κ3) is 14.4. The van der Waals surface area contributed by atoms with Crippen LogP contribution in [0, 0.1) is 0 Å². The largest absolute Gasteiger partial charge is 0.264 e. The molecule has 214 valence electrons. The summed E-state index contributed by atoms with van der Waals surface area (Å²) in [7, 11) is 0. The lowest BCUT2D eigenvalue weighted by atomic mass is 10.3. The Kier molecular flexibility index (Phi) is 25.9. The van der Waals surface area contributed by atoms with Crippen LogP contribution in [0.15, 0.2) is 92.3 Å². The molecule has 0 unspecified atom stereocenters. The molecule has 6 rings (SSSR count). The molecule has 40 heavy (non-hydrogen) atoms. The number of nitrogens with zero attached hydrogens (tertiary/aromatic N) is 9. The molecule has 9 nitrogen and oxygen atoms in total. The van der Waals surface area contributed by atoms with E-state index in [1.165, 1.54) is 6.33 Å². The van der Waals surface area contributed by atoms with Crippen LogP contribution in [0.4, 0.5) is 0 Å². The summed E-state index contributed by atoms with van der Waals surface area (Å²) in [4.78, 5) is 20.0. The van der Waals surface area contributed by atoms with E-state index in [2.05, 4.69) is 45.3 Å². The normalized spacial score (nSPS) is 8.25. The standard InChI is InChI=1S/3C7H5N3.5C2H6/c1-2-8-3-6-4-9-5-10-7(1)6;1-2-7-6(8-4-1)3-5-9-10-7;1-2-6-4-9-10-5-7(6)8-3-1;5*1-2/h3*1-5H;5*1-2H3. The van der Waals surface area contributed by atoms with Gasteiger partial charge in [-0.15, -0.1) is 5.10 Å². The summed E-state index contributed by atoms with van der Waals surface area (Å²) in [6, 6.07) is 11.3. The monoisotopic (exact) mass is 543 g/mol. The van der Waals surface area contributed by atoms with E-state index in [1.54, 1.807) is 49.6 Å². The van der Waals surface area contributed by atoms with E-state index < -0.39 is 0 Å². The highest BCUT2D eigenvalue weighted by Crippen LogP contribution is 2.05. The van der Waals surface area contributed by atoms with Crippen molar-refractivity contribution in [2.45, 2.75) is 69.2 Å². The van der Waals surface area contributed by atoms with Gasteiger partial charge in [-0.25, -0.2) is 9.97 Å². The number of hydrogen-bond acceptors (Lipinski definition) is 9. The lowest BCUT2D eigenvalue weighted by molar-refractivity contribution is 1.04. The smallest absolute Gasteiger partial charge is 0.116 e. The summed E-state index contributed by atoms with van der Waals surface area (Å²) in [5.41, 5.74) is 3.55. The highest BCUT2D eigenvalue weighted by Gasteiger charge is 1.90. The van der Waals surface area contributed by atoms with Gasteiger partial charge in [0.25, 0.3) is 0 Å². The van der Waals surface area contributed by atoms with E-state index in [0.29, 0.717) is 0 Å². The first-order valence-corrected chi connectivity index (χ1v) is 13.9. The molecule has 0 fully saturated rings. The lowest BCUT2D eigenvalue weighted by Crippen LogP contribution is -1.82. The van der Waals surface area contributed by atoms with Gasteiger partial charge in [0.2, 0.25) is 0 Å². The number of rotatable bonds is 0. The molecule has 6 heterocycles. The van der Waals surface area contributed by atoms with Crippen molar-refractivity contribution < 1.29 is 0 Å². The van der Waals surface area contributed by atoms with Gasteiger partial charge in [0.15, 0.2) is 0 Å². The number of fused-ring (bicyclic) bond motifs is 3. The molecule has 0 aliphatic carbocycles. The van der Waals surface area contributed by atoms with Crippen LogP contribution in [0.25, 0.3) is 32.8 Å². The van der Waals surface area contributed by atoms with Crippen LogP contribution in [0.3, 0.4) is 0 Å². The number of pyridine rings is 3. The van der Waals surface area contributed by atoms with Crippen LogP contribution in [0.2, 0.25) is 0 Å². The summed E-state index contributed by atoms with van der Waals surface area (Å²) in [6.45, 7) is 20.0. The first-order chi connectivity index (χ1) is 19.9. The molecule has 9 heteroatoms. The van der Waals surface area contributed by atoms with Crippen LogP contribution in [-0.2, 0) is 0 Å². The zero-order valence-corrected chi connectivity index (χ0v) is 25.7. The molecule has 6 aromatic heterocycles. The Morgan fingerprint density at radius 3 is 1.65 bits per heavy atom. The van der Waals surface area contributed by atoms with Gasteiger partial charge in [-0.1, -0.05) is 69.2 Å². The van der Waals surface area contributed by atoms with Crippen molar-refractivity contribution in [1.29, 1.82) is 0 Å². The van der Waals surface area contributed by atoms with E-state index in [4.69, 9.17) is 0 Å². The van der Waals surface area contributed by atoms with Gasteiger partial charge in [0.05, 0.1) is 35.1 Å². The third-order valence-corrected chi connectivity index (χ3v) is 3.90. The Balaban J connectivity index is 0. The zero-order valence-electron chi connectivity index (χ0n) is 25.7. The van der Waals surface area contributed by atoms with Gasteiger partial charge >= 0.3 is 0 Å². The molecule has 0 radical (unpaired) electrons. The van der Waals surface area contributed by atoms with Crippen LogP contribution in [0.1, 0.15) is 69.2 Å². The summed E-state index contributed by atoms with van der Waals surface area (Å²) >= 11 is 0. The molecule has 0 N–H and O–H groups in total. The summed E-state index contributed by atoms with van der Waals surface area (Å²) < 4.78 is 0. The molecule has 0 aliphatic heterocycles. The fourth-order valence-corrected chi connectivity index (χ4v) is 2.48.